The Morgan fingerprint density at radius 2 is 2.11 bits per heavy atom. The van der Waals surface area contributed by atoms with E-state index in [4.69, 9.17) is 4.74 Å². The van der Waals surface area contributed by atoms with Gasteiger partial charge in [0.25, 0.3) is 5.91 Å². The lowest BCUT2D eigenvalue weighted by molar-refractivity contribution is 0.0931. The Balaban J connectivity index is 2.81. The van der Waals surface area contributed by atoms with Crippen LogP contribution in [0.1, 0.15) is 24.2 Å². The molecule has 0 aromatic heterocycles. The zero-order valence-electron chi connectivity index (χ0n) is 10.7. The van der Waals surface area contributed by atoms with E-state index in [0.717, 1.165) is 9.80 Å². The highest BCUT2D eigenvalue weighted by Gasteiger charge is 2.16. The van der Waals surface area contributed by atoms with Crippen LogP contribution >= 0.6 is 31.9 Å². The number of methoxy groups -OCH3 is 1. The lowest BCUT2D eigenvalue weighted by Gasteiger charge is -2.20. The predicted octanol–water partition coefficient (Wildman–Crippen LogP) is 3.61. The van der Waals surface area contributed by atoms with Gasteiger partial charge in [0.05, 0.1) is 11.6 Å². The van der Waals surface area contributed by atoms with E-state index in [1.54, 1.807) is 25.3 Å². The van der Waals surface area contributed by atoms with Crippen LogP contribution in [0.5, 0.6) is 5.75 Å². The molecule has 0 heterocycles. The van der Waals surface area contributed by atoms with Gasteiger partial charge in [-0.2, -0.15) is 0 Å². The van der Waals surface area contributed by atoms with Crippen LogP contribution < -0.4 is 10.1 Å². The van der Waals surface area contributed by atoms with Crippen molar-refractivity contribution in [3.05, 3.63) is 28.2 Å². The third-order valence-electron chi connectivity index (χ3n) is 2.70. The van der Waals surface area contributed by atoms with Crippen LogP contribution in [-0.4, -0.2) is 24.4 Å². The van der Waals surface area contributed by atoms with Crippen LogP contribution in [-0.2, 0) is 0 Å². The van der Waals surface area contributed by atoms with Gasteiger partial charge in [0.1, 0.15) is 5.75 Å². The molecule has 0 aliphatic rings. The number of hydrogen-bond donors (Lipinski definition) is 1. The first-order chi connectivity index (χ1) is 8.49. The first kappa shape index (κ1) is 15.5. The largest absolute Gasteiger partial charge is 0.496 e. The second kappa shape index (κ2) is 7.14. The maximum absolute atomic E-state index is 12.1. The minimum Gasteiger partial charge on any atom is -0.496 e. The standard InChI is InChI=1S/C13H17Br2NO2/c1-8(2)11(7-14)16-13(17)9-4-5-12(18-3)10(15)6-9/h4-6,8,11H,7H2,1-3H3,(H,16,17). The average Bonchev–Trinajstić information content (AvgIpc) is 2.35. The summed E-state index contributed by atoms with van der Waals surface area (Å²) in [7, 11) is 1.60. The van der Waals surface area contributed by atoms with E-state index in [1.165, 1.54) is 0 Å². The number of carbonyl (C=O) groups excluding carboxylic acids is 1. The number of ether oxygens (including phenoxy) is 1. The molecule has 1 atom stereocenters. The summed E-state index contributed by atoms with van der Waals surface area (Å²) in [6.45, 7) is 4.16. The van der Waals surface area contributed by atoms with E-state index in [1.807, 2.05) is 0 Å². The third-order valence-corrected chi connectivity index (χ3v) is 4.02. The van der Waals surface area contributed by atoms with Crippen LogP contribution in [0.3, 0.4) is 0 Å². The smallest absolute Gasteiger partial charge is 0.251 e. The van der Waals surface area contributed by atoms with Crippen LogP contribution in [0.15, 0.2) is 22.7 Å². The number of rotatable bonds is 5. The summed E-state index contributed by atoms with van der Waals surface area (Å²) in [5, 5.41) is 3.74. The van der Waals surface area contributed by atoms with E-state index in [2.05, 4.69) is 51.0 Å². The monoisotopic (exact) mass is 377 g/mol. The van der Waals surface area contributed by atoms with Crippen molar-refractivity contribution in [2.75, 3.05) is 12.4 Å². The molecule has 100 valence electrons. The molecule has 0 fully saturated rings. The number of amides is 1. The summed E-state index contributed by atoms with van der Waals surface area (Å²) in [6, 6.07) is 5.42. The first-order valence-corrected chi connectivity index (χ1v) is 7.61. The highest BCUT2D eigenvalue weighted by atomic mass is 79.9. The Labute approximate surface area is 125 Å². The Hall–Kier alpha value is -0.550. The maximum Gasteiger partial charge on any atom is 0.251 e. The van der Waals surface area contributed by atoms with E-state index >= 15 is 0 Å². The van der Waals surface area contributed by atoms with Crippen LogP contribution in [0.2, 0.25) is 0 Å². The van der Waals surface area contributed by atoms with Crippen molar-refractivity contribution in [2.45, 2.75) is 19.9 Å². The van der Waals surface area contributed by atoms with Crippen LogP contribution in [0, 0.1) is 5.92 Å². The highest BCUT2D eigenvalue weighted by Crippen LogP contribution is 2.25. The highest BCUT2D eigenvalue weighted by molar-refractivity contribution is 9.10. The van der Waals surface area contributed by atoms with E-state index in [9.17, 15) is 4.79 Å². The van der Waals surface area contributed by atoms with Gasteiger partial charge in [0, 0.05) is 16.9 Å². The molecule has 0 aliphatic heterocycles. The maximum atomic E-state index is 12.1. The molecule has 1 aromatic rings. The summed E-state index contributed by atoms with van der Waals surface area (Å²) < 4.78 is 5.91. The lowest BCUT2D eigenvalue weighted by atomic mass is 10.1. The Morgan fingerprint density at radius 3 is 2.56 bits per heavy atom. The average molecular weight is 379 g/mol. The van der Waals surface area contributed by atoms with E-state index in [-0.39, 0.29) is 11.9 Å². The molecule has 1 N–H and O–H groups in total. The number of benzene rings is 1. The molecule has 1 rings (SSSR count). The number of hydrogen-bond acceptors (Lipinski definition) is 2. The van der Waals surface area contributed by atoms with Crippen LogP contribution in [0.25, 0.3) is 0 Å². The molecule has 5 heteroatoms. The minimum absolute atomic E-state index is 0.0727. The fraction of sp³-hybridized carbons (Fsp3) is 0.462. The number of alkyl halides is 1. The van der Waals surface area contributed by atoms with Gasteiger partial charge in [-0.25, -0.2) is 0 Å². The van der Waals surface area contributed by atoms with Gasteiger partial charge in [-0.1, -0.05) is 29.8 Å². The van der Waals surface area contributed by atoms with Gasteiger partial charge in [-0.3, -0.25) is 4.79 Å². The molecular weight excluding hydrogens is 362 g/mol. The van der Waals surface area contributed by atoms with Gasteiger partial charge in [0.2, 0.25) is 0 Å². The normalized spacial score (nSPS) is 12.3. The van der Waals surface area contributed by atoms with Crippen molar-refractivity contribution >= 4 is 37.8 Å². The van der Waals surface area contributed by atoms with Gasteiger partial charge in [0.15, 0.2) is 0 Å². The Morgan fingerprint density at radius 1 is 1.44 bits per heavy atom. The zero-order chi connectivity index (χ0) is 13.7. The second-order valence-corrected chi connectivity index (χ2v) is 5.83. The Bertz CT molecular complexity index is 421. The summed E-state index contributed by atoms with van der Waals surface area (Å²) in [5.74, 6) is 1.03. The van der Waals surface area contributed by atoms with Crippen molar-refractivity contribution in [3.63, 3.8) is 0 Å². The quantitative estimate of drug-likeness (QED) is 0.795. The van der Waals surface area contributed by atoms with Crippen molar-refractivity contribution in [1.82, 2.24) is 5.32 Å². The van der Waals surface area contributed by atoms with E-state index < -0.39 is 0 Å². The SMILES string of the molecule is COc1ccc(C(=O)NC(CBr)C(C)C)cc1Br. The summed E-state index contributed by atoms with van der Waals surface area (Å²) >= 11 is 6.78. The van der Waals surface area contributed by atoms with Crippen molar-refractivity contribution in [1.29, 1.82) is 0 Å². The number of carbonyl (C=O) groups is 1. The summed E-state index contributed by atoms with van der Waals surface area (Å²) in [4.78, 5) is 12.1. The molecule has 0 spiro atoms. The summed E-state index contributed by atoms with van der Waals surface area (Å²) in [6.07, 6.45) is 0. The molecule has 0 bridgehead atoms. The topological polar surface area (TPSA) is 38.3 Å². The molecule has 3 nitrogen and oxygen atoms in total. The molecule has 1 aromatic carbocycles. The molecule has 0 saturated carbocycles. The van der Waals surface area contributed by atoms with Gasteiger partial charge < -0.3 is 10.1 Å². The van der Waals surface area contributed by atoms with Gasteiger partial charge in [-0.05, 0) is 40.0 Å². The van der Waals surface area contributed by atoms with Crippen molar-refractivity contribution < 1.29 is 9.53 Å². The zero-order valence-corrected chi connectivity index (χ0v) is 13.8. The fourth-order valence-corrected chi connectivity index (χ4v) is 2.89. The summed E-state index contributed by atoms with van der Waals surface area (Å²) in [5.41, 5.74) is 0.620. The third kappa shape index (κ3) is 3.99. The predicted molar refractivity (Wildman–Crippen MR) is 80.6 cm³/mol. The second-order valence-electron chi connectivity index (χ2n) is 4.33. The van der Waals surface area contributed by atoms with E-state index in [0.29, 0.717) is 17.2 Å². The van der Waals surface area contributed by atoms with Gasteiger partial charge in [-0.15, -0.1) is 0 Å². The number of halogens is 2. The van der Waals surface area contributed by atoms with Gasteiger partial charge >= 0.3 is 0 Å². The molecule has 1 amide bonds. The lowest BCUT2D eigenvalue weighted by Crippen LogP contribution is -2.39. The minimum atomic E-state index is -0.0727. The van der Waals surface area contributed by atoms with Crippen LogP contribution in [0.4, 0.5) is 0 Å². The molecule has 18 heavy (non-hydrogen) atoms. The fourth-order valence-electron chi connectivity index (χ4n) is 1.44. The molecule has 0 radical (unpaired) electrons. The van der Waals surface area contributed by atoms with Crippen molar-refractivity contribution in [2.24, 2.45) is 5.92 Å². The van der Waals surface area contributed by atoms with Crippen molar-refractivity contribution in [3.8, 4) is 5.75 Å². The molecule has 0 saturated heterocycles. The molecule has 1 unspecified atom stereocenters. The Kier molecular flexibility index (Phi) is 6.15. The number of nitrogens with one attached hydrogen (secondary N) is 1. The first-order valence-electron chi connectivity index (χ1n) is 5.70. The molecular formula is C13H17Br2NO2. The molecule has 0 aliphatic carbocycles.